The van der Waals surface area contributed by atoms with E-state index >= 15 is 0 Å². The Balaban J connectivity index is 0.00000121. The number of amides is 1. The van der Waals surface area contributed by atoms with E-state index < -0.39 is 5.91 Å². The van der Waals surface area contributed by atoms with E-state index in [-0.39, 0.29) is 18.4 Å². The lowest BCUT2D eigenvalue weighted by atomic mass is 10.2. The van der Waals surface area contributed by atoms with Crippen molar-refractivity contribution >= 4 is 29.7 Å². The highest BCUT2D eigenvalue weighted by atomic mass is 35.5. The maximum Gasteiger partial charge on any atom is 0.249 e. The van der Waals surface area contributed by atoms with Crippen molar-refractivity contribution in [3.8, 4) is 0 Å². The van der Waals surface area contributed by atoms with Crippen molar-refractivity contribution < 1.29 is 4.79 Å². The maximum atomic E-state index is 10.6. The first-order valence-corrected chi connectivity index (χ1v) is 4.13. The Hall–Kier alpha value is -0.580. The zero-order valence-corrected chi connectivity index (χ0v) is 8.24. The SMILES string of the molecule is CC(N)c1cc(C(N)=O)cs1.Cl. The molecule has 0 aliphatic rings. The van der Waals surface area contributed by atoms with Crippen LogP contribution in [0.15, 0.2) is 11.4 Å². The highest BCUT2D eigenvalue weighted by Crippen LogP contribution is 2.19. The summed E-state index contributed by atoms with van der Waals surface area (Å²) >= 11 is 1.46. The molecule has 0 aliphatic carbocycles. The Bertz CT molecular complexity index is 272. The molecule has 4 N–H and O–H groups in total. The summed E-state index contributed by atoms with van der Waals surface area (Å²) in [7, 11) is 0. The third kappa shape index (κ3) is 2.48. The first kappa shape index (κ1) is 11.4. The number of nitrogens with two attached hydrogens (primary N) is 2. The molecule has 0 saturated carbocycles. The number of hydrogen-bond donors (Lipinski definition) is 2. The highest BCUT2D eigenvalue weighted by molar-refractivity contribution is 7.10. The van der Waals surface area contributed by atoms with E-state index in [9.17, 15) is 4.79 Å². The molecule has 1 rings (SSSR count). The molecule has 1 atom stereocenters. The van der Waals surface area contributed by atoms with Gasteiger partial charge in [-0.2, -0.15) is 0 Å². The molecule has 3 nitrogen and oxygen atoms in total. The van der Waals surface area contributed by atoms with Gasteiger partial charge in [0.1, 0.15) is 0 Å². The fourth-order valence-electron chi connectivity index (χ4n) is 0.721. The minimum absolute atomic E-state index is 0. The minimum Gasteiger partial charge on any atom is -0.366 e. The van der Waals surface area contributed by atoms with Crippen molar-refractivity contribution in [2.24, 2.45) is 11.5 Å². The van der Waals surface area contributed by atoms with Crippen LogP contribution in [0.5, 0.6) is 0 Å². The zero-order chi connectivity index (χ0) is 8.43. The van der Waals surface area contributed by atoms with Crippen molar-refractivity contribution in [3.63, 3.8) is 0 Å². The normalized spacial score (nSPS) is 11.8. The molecule has 0 bridgehead atoms. The van der Waals surface area contributed by atoms with Gasteiger partial charge in [0.15, 0.2) is 0 Å². The van der Waals surface area contributed by atoms with Crippen LogP contribution in [0.1, 0.15) is 28.2 Å². The van der Waals surface area contributed by atoms with Gasteiger partial charge in [-0.05, 0) is 13.0 Å². The van der Waals surface area contributed by atoms with Crippen molar-refractivity contribution in [3.05, 3.63) is 21.9 Å². The van der Waals surface area contributed by atoms with E-state index in [1.165, 1.54) is 11.3 Å². The highest BCUT2D eigenvalue weighted by Gasteiger charge is 2.06. The molecule has 0 aliphatic heterocycles. The number of thiophene rings is 1. The Morgan fingerprint density at radius 2 is 2.25 bits per heavy atom. The van der Waals surface area contributed by atoms with Crippen LogP contribution in [0.3, 0.4) is 0 Å². The summed E-state index contributed by atoms with van der Waals surface area (Å²) in [5.41, 5.74) is 11.2. The second kappa shape index (κ2) is 4.45. The number of halogens is 1. The van der Waals surface area contributed by atoms with Crippen LogP contribution in [0.4, 0.5) is 0 Å². The lowest BCUT2D eigenvalue weighted by Crippen LogP contribution is -2.09. The number of carbonyl (C=O) groups is 1. The van der Waals surface area contributed by atoms with Gasteiger partial charge in [0, 0.05) is 16.3 Å². The molecule has 1 aromatic rings. The van der Waals surface area contributed by atoms with Gasteiger partial charge in [-0.25, -0.2) is 0 Å². The van der Waals surface area contributed by atoms with Crippen molar-refractivity contribution in [2.45, 2.75) is 13.0 Å². The molecule has 5 heteroatoms. The van der Waals surface area contributed by atoms with Crippen molar-refractivity contribution in [1.82, 2.24) is 0 Å². The van der Waals surface area contributed by atoms with Gasteiger partial charge in [-0.1, -0.05) is 0 Å². The van der Waals surface area contributed by atoms with E-state index in [4.69, 9.17) is 11.5 Å². The predicted molar refractivity (Wildman–Crippen MR) is 52.7 cm³/mol. The maximum absolute atomic E-state index is 10.6. The monoisotopic (exact) mass is 206 g/mol. The summed E-state index contributed by atoms with van der Waals surface area (Å²) in [5.74, 6) is -0.395. The van der Waals surface area contributed by atoms with Gasteiger partial charge in [-0.15, -0.1) is 23.7 Å². The molecule has 1 heterocycles. The van der Waals surface area contributed by atoms with Gasteiger partial charge >= 0.3 is 0 Å². The summed E-state index contributed by atoms with van der Waals surface area (Å²) in [6.45, 7) is 1.87. The summed E-state index contributed by atoms with van der Waals surface area (Å²) in [6, 6.07) is 1.71. The molecule has 0 saturated heterocycles. The molecule has 0 aromatic carbocycles. The number of hydrogen-bond acceptors (Lipinski definition) is 3. The van der Waals surface area contributed by atoms with Gasteiger partial charge in [0.05, 0.1) is 5.56 Å². The van der Waals surface area contributed by atoms with E-state index in [2.05, 4.69) is 0 Å². The van der Waals surface area contributed by atoms with Crippen LogP contribution in [0, 0.1) is 0 Å². The number of primary amides is 1. The summed E-state index contributed by atoms with van der Waals surface area (Å²) in [6.07, 6.45) is 0. The van der Waals surface area contributed by atoms with E-state index in [1.54, 1.807) is 11.4 Å². The lowest BCUT2D eigenvalue weighted by molar-refractivity contribution is 0.100. The third-order valence-corrected chi connectivity index (χ3v) is 2.49. The lowest BCUT2D eigenvalue weighted by Gasteiger charge is -1.97. The van der Waals surface area contributed by atoms with Crippen LogP contribution >= 0.6 is 23.7 Å². The minimum atomic E-state index is -0.395. The summed E-state index contributed by atoms with van der Waals surface area (Å²) in [5, 5.41) is 1.72. The molecule has 1 unspecified atom stereocenters. The standard InChI is InChI=1S/C7H10N2OS.ClH/c1-4(8)6-2-5(3-11-6)7(9)10;/h2-4H,8H2,1H3,(H2,9,10);1H. The molecule has 1 amide bonds. The average Bonchev–Trinajstić information content (AvgIpc) is 2.33. The van der Waals surface area contributed by atoms with Gasteiger partial charge in [-0.3, -0.25) is 4.79 Å². The quantitative estimate of drug-likeness (QED) is 0.766. The zero-order valence-electron chi connectivity index (χ0n) is 6.61. The Labute approximate surface area is 81.2 Å². The molecular formula is C7H11ClN2OS. The molecule has 0 radical (unpaired) electrons. The van der Waals surface area contributed by atoms with Crippen LogP contribution in [-0.4, -0.2) is 5.91 Å². The molecule has 1 aromatic heterocycles. The van der Waals surface area contributed by atoms with Crippen LogP contribution in [-0.2, 0) is 0 Å². The van der Waals surface area contributed by atoms with Crippen LogP contribution in [0.25, 0.3) is 0 Å². The van der Waals surface area contributed by atoms with Crippen LogP contribution < -0.4 is 11.5 Å². The first-order chi connectivity index (χ1) is 5.11. The Kier molecular flexibility index (Phi) is 4.23. The fraction of sp³-hybridized carbons (Fsp3) is 0.286. The first-order valence-electron chi connectivity index (χ1n) is 3.25. The average molecular weight is 207 g/mol. The van der Waals surface area contributed by atoms with Gasteiger partial charge in [0.25, 0.3) is 0 Å². The smallest absolute Gasteiger partial charge is 0.249 e. The third-order valence-electron chi connectivity index (χ3n) is 1.35. The largest absolute Gasteiger partial charge is 0.366 e. The Morgan fingerprint density at radius 3 is 2.50 bits per heavy atom. The Morgan fingerprint density at radius 1 is 1.67 bits per heavy atom. The molecular weight excluding hydrogens is 196 g/mol. The fourth-order valence-corrected chi connectivity index (χ4v) is 1.58. The number of rotatable bonds is 2. The van der Waals surface area contributed by atoms with Crippen molar-refractivity contribution in [2.75, 3.05) is 0 Å². The second-order valence-corrected chi connectivity index (χ2v) is 3.33. The second-order valence-electron chi connectivity index (χ2n) is 2.39. The topological polar surface area (TPSA) is 69.1 Å². The molecule has 12 heavy (non-hydrogen) atoms. The van der Waals surface area contributed by atoms with Crippen molar-refractivity contribution in [1.29, 1.82) is 0 Å². The van der Waals surface area contributed by atoms with E-state index in [1.807, 2.05) is 6.92 Å². The number of carbonyl (C=O) groups excluding carboxylic acids is 1. The van der Waals surface area contributed by atoms with Gasteiger partial charge < -0.3 is 11.5 Å². The van der Waals surface area contributed by atoms with Crippen LogP contribution in [0.2, 0.25) is 0 Å². The summed E-state index contributed by atoms with van der Waals surface area (Å²) in [4.78, 5) is 11.6. The summed E-state index contributed by atoms with van der Waals surface area (Å²) < 4.78 is 0. The predicted octanol–water partition coefficient (Wildman–Crippen LogP) is 1.29. The van der Waals surface area contributed by atoms with E-state index in [0.29, 0.717) is 5.56 Å². The molecule has 68 valence electrons. The van der Waals surface area contributed by atoms with E-state index in [0.717, 1.165) is 4.88 Å². The van der Waals surface area contributed by atoms with Gasteiger partial charge in [0.2, 0.25) is 5.91 Å². The molecule has 0 spiro atoms. The molecule has 0 fully saturated rings.